The third kappa shape index (κ3) is 4.42. The number of aromatic nitrogens is 1. The number of para-hydroxylation sites is 1. The van der Waals surface area contributed by atoms with Crippen LogP contribution in [0.4, 0.5) is 0 Å². The van der Waals surface area contributed by atoms with E-state index in [9.17, 15) is 14.9 Å². The molecular formula is C23H19N3O2S. The second-order valence-electron chi connectivity index (χ2n) is 6.29. The number of rotatable bonds is 5. The number of aryl methyl sites for hydroxylation is 1. The minimum absolute atomic E-state index is 0.110. The molecule has 3 aromatic rings. The summed E-state index contributed by atoms with van der Waals surface area (Å²) in [5.41, 5.74) is 2.16. The van der Waals surface area contributed by atoms with Gasteiger partial charge in [0.25, 0.3) is 11.5 Å². The smallest absolute Gasteiger partial charge is 0.273 e. The average molecular weight is 401 g/mol. The fourth-order valence-electron chi connectivity index (χ4n) is 2.82. The topological polar surface area (TPSA) is 74.9 Å². The van der Waals surface area contributed by atoms with Crippen LogP contribution in [-0.2, 0) is 4.79 Å². The van der Waals surface area contributed by atoms with Gasteiger partial charge in [-0.05, 0) is 30.7 Å². The maximum absolute atomic E-state index is 13.2. The first kappa shape index (κ1) is 20.1. The molecule has 1 aromatic heterocycles. The Labute approximate surface area is 172 Å². The minimum atomic E-state index is -0.541. The number of carbonyl (C=O) groups excluding carboxylic acids is 1. The van der Waals surface area contributed by atoms with E-state index >= 15 is 0 Å². The lowest BCUT2D eigenvalue weighted by Crippen LogP contribution is -2.33. The van der Waals surface area contributed by atoms with Crippen LogP contribution in [0, 0.1) is 18.3 Å². The number of carbonyl (C=O) groups is 1. The first-order valence-corrected chi connectivity index (χ1v) is 9.76. The van der Waals surface area contributed by atoms with Gasteiger partial charge in [0.2, 0.25) is 0 Å². The molecule has 0 aliphatic rings. The molecule has 0 spiro atoms. The summed E-state index contributed by atoms with van der Waals surface area (Å²) in [7, 11) is 0. The van der Waals surface area contributed by atoms with Crippen molar-refractivity contribution in [3.63, 3.8) is 0 Å². The van der Waals surface area contributed by atoms with E-state index < -0.39 is 5.91 Å². The molecule has 0 aliphatic heterocycles. The van der Waals surface area contributed by atoms with E-state index in [1.165, 1.54) is 10.6 Å². The third-order valence-corrected chi connectivity index (χ3v) is 5.23. The Balaban J connectivity index is 2.35. The molecule has 0 fully saturated rings. The average Bonchev–Trinajstić information content (AvgIpc) is 3.03. The highest BCUT2D eigenvalue weighted by molar-refractivity contribution is 7.07. The summed E-state index contributed by atoms with van der Waals surface area (Å²) < 4.78 is 2.15. The summed E-state index contributed by atoms with van der Waals surface area (Å²) in [6.07, 6.45) is 3.31. The minimum Gasteiger partial charge on any atom is -0.348 e. The Hall–Kier alpha value is -3.69. The monoisotopic (exact) mass is 401 g/mol. The van der Waals surface area contributed by atoms with E-state index in [1.54, 1.807) is 30.3 Å². The number of nitrogens with zero attached hydrogens (tertiary/aromatic N) is 2. The number of nitriles is 1. The molecule has 6 heteroatoms. The van der Waals surface area contributed by atoms with Crippen molar-refractivity contribution in [3.8, 4) is 11.8 Å². The highest BCUT2D eigenvalue weighted by Gasteiger charge is 2.16. The van der Waals surface area contributed by atoms with Crippen LogP contribution in [0.15, 0.2) is 72.0 Å². The Morgan fingerprint density at radius 3 is 2.66 bits per heavy atom. The summed E-state index contributed by atoms with van der Waals surface area (Å²) in [5.74, 6) is -0.541. The van der Waals surface area contributed by atoms with Gasteiger partial charge in [0, 0.05) is 6.54 Å². The molecule has 3 rings (SSSR count). The molecule has 0 bridgehead atoms. The summed E-state index contributed by atoms with van der Waals surface area (Å²) in [4.78, 5) is 25.7. The van der Waals surface area contributed by atoms with Gasteiger partial charge >= 0.3 is 0 Å². The molecule has 2 aromatic carbocycles. The molecule has 0 unspecified atom stereocenters. The van der Waals surface area contributed by atoms with Crippen molar-refractivity contribution in [2.24, 2.45) is 0 Å². The third-order valence-electron chi connectivity index (χ3n) is 4.14. The quantitative estimate of drug-likeness (QED) is 0.665. The highest BCUT2D eigenvalue weighted by Crippen LogP contribution is 2.06. The molecular weight excluding hydrogens is 382 g/mol. The first-order valence-electron chi connectivity index (χ1n) is 8.94. The summed E-state index contributed by atoms with van der Waals surface area (Å²) in [5, 5.41) is 12.3. The van der Waals surface area contributed by atoms with Crippen molar-refractivity contribution in [2.45, 2.75) is 6.92 Å². The fourth-order valence-corrected chi connectivity index (χ4v) is 3.92. The predicted octanol–water partition coefficient (Wildman–Crippen LogP) is 2.01. The molecule has 0 atom stereocenters. The van der Waals surface area contributed by atoms with E-state index in [0.29, 0.717) is 14.9 Å². The Morgan fingerprint density at radius 1 is 1.24 bits per heavy atom. The van der Waals surface area contributed by atoms with Crippen molar-refractivity contribution in [1.82, 2.24) is 9.88 Å². The van der Waals surface area contributed by atoms with E-state index in [2.05, 4.69) is 11.9 Å². The number of benzene rings is 2. The normalized spacial score (nSPS) is 12.2. The Kier molecular flexibility index (Phi) is 6.22. The zero-order valence-electron chi connectivity index (χ0n) is 15.9. The summed E-state index contributed by atoms with van der Waals surface area (Å²) in [6.45, 7) is 5.77. The van der Waals surface area contributed by atoms with Crippen LogP contribution in [0.1, 0.15) is 11.1 Å². The van der Waals surface area contributed by atoms with Gasteiger partial charge in [-0.15, -0.1) is 17.9 Å². The molecule has 29 heavy (non-hydrogen) atoms. The number of thiazole rings is 1. The van der Waals surface area contributed by atoms with Crippen molar-refractivity contribution in [3.05, 3.63) is 97.9 Å². The van der Waals surface area contributed by atoms with Gasteiger partial charge in [0.1, 0.15) is 10.7 Å². The SMILES string of the molecule is C=CCNC(=O)/C(C#N)=c1\s/c(=C\c2cccc(C)c2)c(=O)n1-c1ccccc1. The Bertz CT molecular complexity index is 1280. The van der Waals surface area contributed by atoms with Gasteiger partial charge in [-0.2, -0.15) is 5.26 Å². The van der Waals surface area contributed by atoms with Gasteiger partial charge in [0.15, 0.2) is 5.57 Å². The molecule has 0 aliphatic carbocycles. The van der Waals surface area contributed by atoms with Gasteiger partial charge in [0.05, 0.1) is 10.2 Å². The van der Waals surface area contributed by atoms with Crippen LogP contribution in [0.2, 0.25) is 0 Å². The molecule has 0 saturated carbocycles. The van der Waals surface area contributed by atoms with Crippen molar-refractivity contribution < 1.29 is 4.79 Å². The van der Waals surface area contributed by atoms with Crippen molar-refractivity contribution in [1.29, 1.82) is 5.26 Å². The lowest BCUT2D eigenvalue weighted by molar-refractivity contribution is -0.115. The zero-order valence-corrected chi connectivity index (χ0v) is 16.7. The number of amides is 1. The van der Waals surface area contributed by atoms with E-state index in [-0.39, 0.29) is 17.7 Å². The van der Waals surface area contributed by atoms with E-state index in [1.807, 2.05) is 43.3 Å². The van der Waals surface area contributed by atoms with E-state index in [0.717, 1.165) is 22.5 Å². The maximum Gasteiger partial charge on any atom is 0.273 e. The lowest BCUT2D eigenvalue weighted by atomic mass is 10.1. The number of hydrogen-bond donors (Lipinski definition) is 1. The standard InChI is InChI=1S/C23H19N3O2S/c1-3-12-25-21(27)19(15-24)23-26(18-10-5-4-6-11-18)22(28)20(29-23)14-17-9-7-8-16(2)13-17/h3-11,13-14H,1,12H2,2H3,(H,25,27)/b20-14-,23-19-. The van der Waals surface area contributed by atoms with Gasteiger partial charge in [-0.3, -0.25) is 14.2 Å². The molecule has 1 heterocycles. The zero-order chi connectivity index (χ0) is 20.8. The van der Waals surface area contributed by atoms with Crippen LogP contribution in [0.5, 0.6) is 0 Å². The van der Waals surface area contributed by atoms with Gasteiger partial charge in [-0.25, -0.2) is 0 Å². The summed E-state index contributed by atoms with van der Waals surface area (Å²) >= 11 is 1.12. The largest absolute Gasteiger partial charge is 0.348 e. The predicted molar refractivity (Wildman–Crippen MR) is 116 cm³/mol. The van der Waals surface area contributed by atoms with Crippen molar-refractivity contribution in [2.75, 3.05) is 6.54 Å². The molecule has 0 radical (unpaired) electrons. The molecule has 1 amide bonds. The van der Waals surface area contributed by atoms with Crippen molar-refractivity contribution >= 4 is 28.9 Å². The molecule has 1 N–H and O–H groups in total. The first-order chi connectivity index (χ1) is 14.0. The molecule has 144 valence electrons. The Morgan fingerprint density at radius 2 is 2.00 bits per heavy atom. The second-order valence-corrected chi connectivity index (χ2v) is 7.32. The molecule has 5 nitrogen and oxygen atoms in total. The molecule has 0 saturated heterocycles. The van der Waals surface area contributed by atoms with Crippen LogP contribution >= 0.6 is 11.3 Å². The van der Waals surface area contributed by atoms with Gasteiger partial charge in [-0.1, -0.05) is 54.1 Å². The lowest BCUT2D eigenvalue weighted by Gasteiger charge is -2.04. The highest BCUT2D eigenvalue weighted by atomic mass is 32.1. The summed E-state index contributed by atoms with van der Waals surface area (Å²) in [6, 6.07) is 18.7. The van der Waals surface area contributed by atoms with Crippen LogP contribution in [0.3, 0.4) is 0 Å². The van der Waals surface area contributed by atoms with Gasteiger partial charge < -0.3 is 5.32 Å². The maximum atomic E-state index is 13.2. The van der Waals surface area contributed by atoms with Crippen LogP contribution in [0.25, 0.3) is 17.3 Å². The second kappa shape index (κ2) is 9.00. The van der Waals surface area contributed by atoms with Crippen LogP contribution in [-0.4, -0.2) is 17.0 Å². The fraction of sp³-hybridized carbons (Fsp3) is 0.0870. The van der Waals surface area contributed by atoms with E-state index in [4.69, 9.17) is 0 Å². The number of nitrogens with one attached hydrogen (secondary N) is 1. The number of hydrogen-bond acceptors (Lipinski definition) is 4. The van der Waals surface area contributed by atoms with Crippen LogP contribution < -0.4 is 20.1 Å².